The van der Waals surface area contributed by atoms with Crippen molar-refractivity contribution in [3.63, 3.8) is 0 Å². The highest BCUT2D eigenvalue weighted by Gasteiger charge is 2.30. The predicted molar refractivity (Wildman–Crippen MR) is 106 cm³/mol. The van der Waals surface area contributed by atoms with Crippen molar-refractivity contribution < 1.29 is 14.3 Å². The monoisotopic (exact) mass is 373 g/mol. The Morgan fingerprint density at radius 3 is 2.33 bits per heavy atom. The highest BCUT2D eigenvalue weighted by Crippen LogP contribution is 2.22. The number of hydrogen-bond acceptors (Lipinski definition) is 4. The maximum atomic E-state index is 12.6. The van der Waals surface area contributed by atoms with Gasteiger partial charge in [-0.2, -0.15) is 0 Å². The molecule has 1 aromatic rings. The molecular weight excluding hydrogens is 342 g/mol. The fourth-order valence-corrected chi connectivity index (χ4v) is 3.89. The molecule has 2 aliphatic heterocycles. The summed E-state index contributed by atoms with van der Waals surface area (Å²) < 4.78 is 5.50. The summed E-state index contributed by atoms with van der Waals surface area (Å²) in [5.74, 6) is 0.130. The van der Waals surface area contributed by atoms with Crippen molar-refractivity contribution in [2.24, 2.45) is 0 Å². The number of amides is 2. The summed E-state index contributed by atoms with van der Waals surface area (Å²) in [5.41, 5.74) is 3.32. The van der Waals surface area contributed by atoms with Gasteiger partial charge in [-0.3, -0.25) is 14.5 Å². The lowest BCUT2D eigenvalue weighted by molar-refractivity contribution is -0.142. The van der Waals surface area contributed by atoms with Gasteiger partial charge in [-0.25, -0.2) is 0 Å². The second-order valence-electron chi connectivity index (χ2n) is 7.31. The molecule has 2 fully saturated rings. The topological polar surface area (TPSA) is 61.9 Å². The molecule has 1 atom stereocenters. The Morgan fingerprint density at radius 2 is 1.78 bits per heavy atom. The van der Waals surface area contributed by atoms with Gasteiger partial charge < -0.3 is 15.0 Å². The minimum Gasteiger partial charge on any atom is -0.368 e. The fraction of sp³-hybridized carbons (Fsp3) is 0.619. The quantitative estimate of drug-likeness (QED) is 0.829. The lowest BCUT2D eigenvalue weighted by atomic mass is 10.0. The van der Waals surface area contributed by atoms with Crippen LogP contribution < -0.4 is 5.32 Å². The van der Waals surface area contributed by atoms with E-state index in [4.69, 9.17) is 4.74 Å². The Balaban J connectivity index is 1.51. The van der Waals surface area contributed by atoms with Crippen LogP contribution in [0, 0.1) is 0 Å². The highest BCUT2D eigenvalue weighted by atomic mass is 16.5. The third-order valence-electron chi connectivity index (χ3n) is 5.52. The van der Waals surface area contributed by atoms with Gasteiger partial charge in [0.1, 0.15) is 6.10 Å². The van der Waals surface area contributed by atoms with Gasteiger partial charge in [0, 0.05) is 38.5 Å². The number of carbonyl (C=O) groups is 2. The zero-order chi connectivity index (χ0) is 19.2. The van der Waals surface area contributed by atoms with Crippen LogP contribution in [0.5, 0.6) is 0 Å². The molecule has 0 radical (unpaired) electrons. The summed E-state index contributed by atoms with van der Waals surface area (Å²) in [5, 5.41) is 3.13. The molecule has 0 saturated carbocycles. The first-order chi connectivity index (χ1) is 13.1. The molecule has 0 bridgehead atoms. The van der Waals surface area contributed by atoms with E-state index in [0.29, 0.717) is 26.2 Å². The highest BCUT2D eigenvalue weighted by molar-refractivity contribution is 5.94. The Morgan fingerprint density at radius 1 is 1.11 bits per heavy atom. The molecule has 6 nitrogen and oxygen atoms in total. The first-order valence-corrected chi connectivity index (χ1v) is 10.2. The van der Waals surface area contributed by atoms with Crippen molar-refractivity contribution in [1.82, 2.24) is 9.80 Å². The summed E-state index contributed by atoms with van der Waals surface area (Å²) in [6.07, 6.45) is 3.34. The molecule has 2 aliphatic rings. The third kappa shape index (κ3) is 4.87. The van der Waals surface area contributed by atoms with Crippen LogP contribution in [-0.2, 0) is 27.2 Å². The number of ether oxygens (including phenoxy) is 1. The smallest absolute Gasteiger partial charge is 0.251 e. The largest absolute Gasteiger partial charge is 0.368 e. The SMILES string of the molecule is CCc1cccc(CC)c1NC(=O)CN1CCN(C(=O)C2CCCO2)CC1. The minimum atomic E-state index is -0.252. The summed E-state index contributed by atoms with van der Waals surface area (Å²) in [6.45, 7) is 8.04. The van der Waals surface area contributed by atoms with Crippen molar-refractivity contribution in [2.75, 3.05) is 44.6 Å². The van der Waals surface area contributed by atoms with Crippen LogP contribution in [0.25, 0.3) is 0 Å². The van der Waals surface area contributed by atoms with Crippen LogP contribution in [0.4, 0.5) is 5.69 Å². The van der Waals surface area contributed by atoms with Crippen LogP contribution in [0.2, 0.25) is 0 Å². The number of nitrogens with one attached hydrogen (secondary N) is 1. The van der Waals surface area contributed by atoms with E-state index in [1.54, 1.807) is 0 Å². The summed E-state index contributed by atoms with van der Waals surface area (Å²) in [7, 11) is 0. The predicted octanol–water partition coefficient (Wildman–Crippen LogP) is 2.07. The number of benzene rings is 1. The molecule has 0 aromatic heterocycles. The molecule has 6 heteroatoms. The number of piperazine rings is 1. The minimum absolute atomic E-state index is 0.0181. The Kier molecular flexibility index (Phi) is 6.85. The van der Waals surface area contributed by atoms with Crippen molar-refractivity contribution >= 4 is 17.5 Å². The zero-order valence-corrected chi connectivity index (χ0v) is 16.5. The molecule has 0 spiro atoms. The average Bonchev–Trinajstić information content (AvgIpc) is 3.23. The van der Waals surface area contributed by atoms with E-state index in [-0.39, 0.29) is 17.9 Å². The van der Waals surface area contributed by atoms with Gasteiger partial charge in [-0.05, 0) is 36.8 Å². The molecule has 0 aliphatic carbocycles. The lowest BCUT2D eigenvalue weighted by Crippen LogP contribution is -2.52. The Bertz CT molecular complexity index is 640. The Labute approximate surface area is 161 Å². The number of aryl methyl sites for hydroxylation is 2. The first-order valence-electron chi connectivity index (χ1n) is 10.2. The van der Waals surface area contributed by atoms with E-state index < -0.39 is 0 Å². The first kappa shape index (κ1) is 19.8. The molecule has 27 heavy (non-hydrogen) atoms. The van der Waals surface area contributed by atoms with E-state index in [2.05, 4.69) is 42.3 Å². The molecule has 2 heterocycles. The van der Waals surface area contributed by atoms with E-state index in [0.717, 1.165) is 44.5 Å². The van der Waals surface area contributed by atoms with Crippen molar-refractivity contribution in [1.29, 1.82) is 0 Å². The molecule has 3 rings (SSSR count). The normalized spacial score (nSPS) is 20.7. The van der Waals surface area contributed by atoms with E-state index in [1.807, 2.05) is 4.90 Å². The van der Waals surface area contributed by atoms with Crippen LogP contribution in [-0.4, -0.2) is 67.0 Å². The molecule has 148 valence electrons. The molecule has 2 amide bonds. The number of nitrogens with zero attached hydrogens (tertiary/aromatic N) is 2. The fourth-order valence-electron chi connectivity index (χ4n) is 3.89. The zero-order valence-electron chi connectivity index (χ0n) is 16.5. The number of carbonyl (C=O) groups excluding carboxylic acids is 2. The van der Waals surface area contributed by atoms with Gasteiger partial charge in [0.2, 0.25) is 5.91 Å². The van der Waals surface area contributed by atoms with Gasteiger partial charge in [-0.1, -0.05) is 32.0 Å². The Hall–Kier alpha value is -1.92. The van der Waals surface area contributed by atoms with Gasteiger partial charge >= 0.3 is 0 Å². The van der Waals surface area contributed by atoms with Crippen LogP contribution >= 0.6 is 0 Å². The third-order valence-corrected chi connectivity index (χ3v) is 5.52. The van der Waals surface area contributed by atoms with Crippen molar-refractivity contribution in [2.45, 2.75) is 45.6 Å². The lowest BCUT2D eigenvalue weighted by Gasteiger charge is -2.35. The number of para-hydroxylation sites is 1. The maximum Gasteiger partial charge on any atom is 0.251 e. The van der Waals surface area contributed by atoms with E-state index >= 15 is 0 Å². The number of rotatable bonds is 6. The molecule has 1 unspecified atom stereocenters. The van der Waals surface area contributed by atoms with Crippen LogP contribution in [0.15, 0.2) is 18.2 Å². The second kappa shape index (κ2) is 9.33. The molecular formula is C21H31N3O3. The maximum absolute atomic E-state index is 12.6. The molecule has 2 saturated heterocycles. The van der Waals surface area contributed by atoms with Crippen LogP contribution in [0.3, 0.4) is 0 Å². The number of anilines is 1. The van der Waals surface area contributed by atoms with E-state index in [1.165, 1.54) is 11.1 Å². The summed E-state index contributed by atoms with van der Waals surface area (Å²) in [4.78, 5) is 29.0. The summed E-state index contributed by atoms with van der Waals surface area (Å²) in [6, 6.07) is 6.20. The number of hydrogen-bond donors (Lipinski definition) is 1. The standard InChI is InChI=1S/C21H31N3O3/c1-3-16-7-5-8-17(4-2)20(16)22-19(25)15-23-10-12-24(13-11-23)21(26)18-9-6-14-27-18/h5,7-8,18H,3-4,6,9-15H2,1-2H3,(H,22,25). The van der Waals surface area contributed by atoms with Crippen molar-refractivity contribution in [3.05, 3.63) is 29.3 Å². The van der Waals surface area contributed by atoms with Crippen molar-refractivity contribution in [3.8, 4) is 0 Å². The molecule has 1 N–H and O–H groups in total. The summed E-state index contributed by atoms with van der Waals surface area (Å²) >= 11 is 0. The van der Waals surface area contributed by atoms with Gasteiger partial charge in [0.15, 0.2) is 0 Å². The molecule has 1 aromatic carbocycles. The van der Waals surface area contributed by atoms with Crippen LogP contribution in [0.1, 0.15) is 37.8 Å². The average molecular weight is 373 g/mol. The van der Waals surface area contributed by atoms with Gasteiger partial charge in [0.25, 0.3) is 5.91 Å². The van der Waals surface area contributed by atoms with E-state index in [9.17, 15) is 9.59 Å². The van der Waals surface area contributed by atoms with Gasteiger partial charge in [-0.15, -0.1) is 0 Å². The second-order valence-corrected chi connectivity index (χ2v) is 7.31. The van der Waals surface area contributed by atoms with Gasteiger partial charge in [0.05, 0.1) is 6.54 Å².